The summed E-state index contributed by atoms with van der Waals surface area (Å²) in [4.78, 5) is 41.5. The fraction of sp³-hybridized carbons (Fsp3) is 0.346. The number of para-hydroxylation sites is 1. The van der Waals surface area contributed by atoms with E-state index in [0.717, 1.165) is 34.2 Å². The molecule has 2 aromatic carbocycles. The SMILES string of the molecule is Cc1ccccc1NC(=O)CN1C(=O)S/C(=C\c2ccc3c(c2)C(C)CC(C)(C)N3C)C1=O. The molecule has 33 heavy (non-hydrogen) atoms. The van der Waals surface area contributed by atoms with E-state index in [0.29, 0.717) is 16.5 Å². The number of imide groups is 1. The first-order valence-corrected chi connectivity index (χ1v) is 11.9. The van der Waals surface area contributed by atoms with Crippen molar-refractivity contribution >= 4 is 46.3 Å². The highest BCUT2D eigenvalue weighted by molar-refractivity contribution is 8.18. The highest BCUT2D eigenvalue weighted by Crippen LogP contribution is 2.43. The number of nitrogens with one attached hydrogen (secondary N) is 1. The molecule has 2 aliphatic rings. The zero-order chi connectivity index (χ0) is 23.9. The van der Waals surface area contributed by atoms with Crippen molar-refractivity contribution in [3.63, 3.8) is 0 Å². The Hall–Kier alpha value is -3.06. The summed E-state index contributed by atoms with van der Waals surface area (Å²) < 4.78 is 0. The van der Waals surface area contributed by atoms with Gasteiger partial charge in [-0.1, -0.05) is 31.2 Å². The third-order valence-electron chi connectivity index (χ3n) is 6.55. The van der Waals surface area contributed by atoms with E-state index in [1.165, 1.54) is 11.3 Å². The smallest absolute Gasteiger partial charge is 0.294 e. The molecule has 1 unspecified atom stereocenters. The molecule has 2 heterocycles. The first kappa shape index (κ1) is 23.1. The van der Waals surface area contributed by atoms with Gasteiger partial charge in [-0.3, -0.25) is 19.3 Å². The van der Waals surface area contributed by atoms with Gasteiger partial charge in [0.2, 0.25) is 5.91 Å². The Bertz CT molecular complexity index is 1170. The van der Waals surface area contributed by atoms with Gasteiger partial charge >= 0.3 is 0 Å². The van der Waals surface area contributed by atoms with Crippen molar-refractivity contribution in [1.82, 2.24) is 4.90 Å². The largest absolute Gasteiger partial charge is 0.369 e. The number of carbonyl (C=O) groups is 3. The fourth-order valence-electron chi connectivity index (χ4n) is 4.52. The van der Waals surface area contributed by atoms with Crippen molar-refractivity contribution in [2.24, 2.45) is 0 Å². The van der Waals surface area contributed by atoms with Crippen molar-refractivity contribution in [2.45, 2.75) is 45.6 Å². The van der Waals surface area contributed by atoms with Crippen molar-refractivity contribution < 1.29 is 14.4 Å². The molecular formula is C26H29N3O3S. The van der Waals surface area contributed by atoms with E-state index in [2.05, 4.69) is 50.2 Å². The number of amides is 3. The Morgan fingerprint density at radius 3 is 2.67 bits per heavy atom. The molecule has 0 spiro atoms. The van der Waals surface area contributed by atoms with Gasteiger partial charge in [-0.2, -0.15) is 0 Å². The second-order valence-corrected chi connectivity index (χ2v) is 10.4. The van der Waals surface area contributed by atoms with Crippen LogP contribution in [0.25, 0.3) is 6.08 Å². The van der Waals surface area contributed by atoms with E-state index in [1.54, 1.807) is 12.1 Å². The minimum absolute atomic E-state index is 0.0788. The summed E-state index contributed by atoms with van der Waals surface area (Å²) in [7, 11) is 2.11. The zero-order valence-electron chi connectivity index (χ0n) is 19.6. The van der Waals surface area contributed by atoms with Crippen LogP contribution >= 0.6 is 11.8 Å². The number of anilines is 2. The number of aryl methyl sites for hydroxylation is 1. The monoisotopic (exact) mass is 463 g/mol. The van der Waals surface area contributed by atoms with Gasteiger partial charge in [0.15, 0.2) is 0 Å². The quantitative estimate of drug-likeness (QED) is 0.616. The molecule has 0 radical (unpaired) electrons. The molecule has 2 aliphatic heterocycles. The minimum atomic E-state index is -0.436. The van der Waals surface area contributed by atoms with Gasteiger partial charge in [-0.25, -0.2) is 0 Å². The number of carbonyl (C=O) groups excluding carboxylic acids is 3. The fourth-order valence-corrected chi connectivity index (χ4v) is 5.36. The van der Waals surface area contributed by atoms with Crippen LogP contribution in [0.3, 0.4) is 0 Å². The zero-order valence-corrected chi connectivity index (χ0v) is 20.5. The van der Waals surface area contributed by atoms with Crippen LogP contribution < -0.4 is 10.2 Å². The molecule has 3 amide bonds. The molecule has 0 aromatic heterocycles. The van der Waals surface area contributed by atoms with E-state index in [1.807, 2.05) is 31.2 Å². The molecular weight excluding hydrogens is 434 g/mol. The van der Waals surface area contributed by atoms with Crippen LogP contribution in [0, 0.1) is 6.92 Å². The van der Waals surface area contributed by atoms with Gasteiger partial charge < -0.3 is 10.2 Å². The lowest BCUT2D eigenvalue weighted by molar-refractivity contribution is -0.127. The van der Waals surface area contributed by atoms with Crippen molar-refractivity contribution in [1.29, 1.82) is 0 Å². The lowest BCUT2D eigenvalue weighted by Crippen LogP contribution is -2.45. The van der Waals surface area contributed by atoms with E-state index in [-0.39, 0.29) is 12.1 Å². The molecule has 6 nitrogen and oxygen atoms in total. The van der Waals surface area contributed by atoms with Crippen LogP contribution in [0.1, 0.15) is 49.8 Å². The van der Waals surface area contributed by atoms with Crippen molar-refractivity contribution in [2.75, 3.05) is 23.8 Å². The second kappa shape index (κ2) is 8.71. The van der Waals surface area contributed by atoms with Gasteiger partial charge in [0.05, 0.1) is 4.91 Å². The number of thioether (sulfide) groups is 1. The minimum Gasteiger partial charge on any atom is -0.369 e. The van der Waals surface area contributed by atoms with Gasteiger partial charge in [0.25, 0.3) is 11.1 Å². The molecule has 1 N–H and O–H groups in total. The summed E-state index contributed by atoms with van der Waals surface area (Å²) in [6, 6.07) is 13.5. The lowest BCUT2D eigenvalue weighted by atomic mass is 9.80. The summed E-state index contributed by atoms with van der Waals surface area (Å²) in [5.74, 6) is -0.449. The highest BCUT2D eigenvalue weighted by atomic mass is 32.2. The Labute approximate surface area is 199 Å². The first-order valence-electron chi connectivity index (χ1n) is 11.1. The van der Waals surface area contributed by atoms with E-state index in [9.17, 15) is 14.4 Å². The number of hydrogen-bond donors (Lipinski definition) is 1. The summed E-state index contributed by atoms with van der Waals surface area (Å²) >= 11 is 0.875. The Kier molecular flexibility index (Phi) is 6.10. The van der Waals surface area contributed by atoms with Crippen molar-refractivity contribution in [3.05, 3.63) is 64.1 Å². The van der Waals surface area contributed by atoms with E-state index < -0.39 is 17.1 Å². The van der Waals surface area contributed by atoms with E-state index in [4.69, 9.17) is 0 Å². The molecule has 0 bridgehead atoms. The van der Waals surface area contributed by atoms with Crippen LogP contribution in [0.5, 0.6) is 0 Å². The lowest BCUT2D eigenvalue weighted by Gasteiger charge is -2.45. The van der Waals surface area contributed by atoms with Gasteiger partial charge in [0.1, 0.15) is 6.54 Å². The van der Waals surface area contributed by atoms with Crippen LogP contribution in [-0.4, -0.2) is 41.1 Å². The molecule has 172 valence electrons. The molecule has 1 atom stereocenters. The van der Waals surface area contributed by atoms with Gasteiger partial charge in [-0.05, 0) is 85.8 Å². The number of rotatable bonds is 4. The van der Waals surface area contributed by atoms with Gasteiger partial charge in [-0.15, -0.1) is 0 Å². The second-order valence-electron chi connectivity index (χ2n) is 9.43. The topological polar surface area (TPSA) is 69.7 Å². The maximum Gasteiger partial charge on any atom is 0.294 e. The standard InChI is InChI=1S/C26H29N3O3S/c1-16-8-6-7-9-20(16)27-23(30)15-29-24(31)22(33-25(29)32)13-18-10-11-21-19(12-18)17(2)14-26(3,4)28(21)5/h6-13,17H,14-15H2,1-5H3,(H,27,30)/b22-13-. The predicted octanol–water partition coefficient (Wildman–Crippen LogP) is 5.39. The normalized spacial score (nSPS) is 20.9. The first-order chi connectivity index (χ1) is 15.6. The van der Waals surface area contributed by atoms with Crippen molar-refractivity contribution in [3.8, 4) is 0 Å². The molecule has 4 rings (SSSR count). The summed E-state index contributed by atoms with van der Waals surface area (Å²) in [5, 5.41) is 2.34. The average Bonchev–Trinajstić information content (AvgIpc) is 3.01. The molecule has 7 heteroatoms. The number of benzene rings is 2. The van der Waals surface area contributed by atoms with Crippen LogP contribution in [0.15, 0.2) is 47.4 Å². The summed E-state index contributed by atoms with van der Waals surface area (Å²) in [6.45, 7) is 8.28. The highest BCUT2D eigenvalue weighted by Gasteiger charge is 2.37. The van der Waals surface area contributed by atoms with Crippen LogP contribution in [0.2, 0.25) is 0 Å². The number of hydrogen-bond acceptors (Lipinski definition) is 5. The summed E-state index contributed by atoms with van der Waals surface area (Å²) in [6.07, 6.45) is 2.78. The Balaban J connectivity index is 1.51. The Morgan fingerprint density at radius 2 is 1.94 bits per heavy atom. The predicted molar refractivity (Wildman–Crippen MR) is 134 cm³/mol. The van der Waals surface area contributed by atoms with Crippen LogP contribution in [0.4, 0.5) is 16.2 Å². The van der Waals surface area contributed by atoms with Crippen LogP contribution in [-0.2, 0) is 9.59 Å². The third kappa shape index (κ3) is 4.55. The maximum atomic E-state index is 12.9. The Morgan fingerprint density at radius 1 is 1.21 bits per heavy atom. The average molecular weight is 464 g/mol. The molecule has 1 saturated heterocycles. The van der Waals surface area contributed by atoms with Gasteiger partial charge in [0, 0.05) is 24.0 Å². The molecule has 2 aromatic rings. The maximum absolute atomic E-state index is 12.9. The molecule has 1 fully saturated rings. The summed E-state index contributed by atoms with van der Waals surface area (Å²) in [5.41, 5.74) is 4.97. The number of nitrogens with zero attached hydrogens (tertiary/aromatic N) is 2. The third-order valence-corrected chi connectivity index (χ3v) is 7.46. The molecule has 0 saturated carbocycles. The number of fused-ring (bicyclic) bond motifs is 1. The van der Waals surface area contributed by atoms with E-state index >= 15 is 0 Å². The molecule has 0 aliphatic carbocycles.